The number of amides is 1. The Balaban J connectivity index is 1.57. The van der Waals surface area contributed by atoms with E-state index in [0.717, 1.165) is 39.0 Å². The average Bonchev–Trinajstić information content (AvgIpc) is 2.78. The Morgan fingerprint density at radius 3 is 1.87 bits per heavy atom. The molecule has 0 atom stereocenters. The van der Waals surface area contributed by atoms with Crippen molar-refractivity contribution in [2.45, 2.75) is 67.2 Å². The number of nitrogens with zero attached hydrogens (tertiary/aromatic N) is 2. The highest BCUT2D eigenvalue weighted by Gasteiger charge is 2.32. The first-order chi connectivity index (χ1) is 14.6. The molecule has 1 amide bonds. The van der Waals surface area contributed by atoms with Crippen molar-refractivity contribution in [1.29, 1.82) is 0 Å². The van der Waals surface area contributed by atoms with Crippen LogP contribution in [0, 0.1) is 16.7 Å². The number of carbonyl (C=O) groups is 1. The van der Waals surface area contributed by atoms with Crippen molar-refractivity contribution in [3.8, 4) is 0 Å². The fraction of sp³-hybridized carbons (Fsp3) is 0.607. The number of anilines is 1. The van der Waals surface area contributed by atoms with Gasteiger partial charge in [-0.05, 0) is 48.6 Å². The molecule has 2 aliphatic heterocycles. The van der Waals surface area contributed by atoms with Crippen molar-refractivity contribution in [3.63, 3.8) is 0 Å². The molecule has 0 spiro atoms. The SMILES string of the molecule is CC(C)C(=O)N1CC=C(C(C)(C)CCC(C)(C)C2=CCN(c3ccccc3)CC2)CC1. The Hall–Kier alpha value is -2.03. The summed E-state index contributed by atoms with van der Waals surface area (Å²) in [6, 6.07) is 10.7. The van der Waals surface area contributed by atoms with E-state index in [1.165, 1.54) is 24.1 Å². The Kier molecular flexibility index (Phi) is 7.34. The zero-order chi connectivity index (χ0) is 22.6. The third-order valence-electron chi connectivity index (χ3n) is 7.46. The Bertz CT molecular complexity index is 817. The van der Waals surface area contributed by atoms with E-state index in [2.05, 4.69) is 75.1 Å². The van der Waals surface area contributed by atoms with Gasteiger partial charge in [0.1, 0.15) is 0 Å². The zero-order valence-corrected chi connectivity index (χ0v) is 20.6. The van der Waals surface area contributed by atoms with Crippen molar-refractivity contribution in [2.24, 2.45) is 16.7 Å². The van der Waals surface area contributed by atoms with Crippen LogP contribution in [-0.4, -0.2) is 37.0 Å². The third-order valence-corrected chi connectivity index (χ3v) is 7.46. The molecule has 0 fully saturated rings. The first kappa shape index (κ1) is 23.6. The second-order valence-corrected chi connectivity index (χ2v) is 10.9. The molecule has 1 aromatic carbocycles. The lowest BCUT2D eigenvalue weighted by molar-refractivity contribution is -0.134. The molecule has 1 aromatic rings. The van der Waals surface area contributed by atoms with Gasteiger partial charge in [0.2, 0.25) is 5.91 Å². The Labute approximate surface area is 190 Å². The molecule has 0 saturated carbocycles. The van der Waals surface area contributed by atoms with Crippen molar-refractivity contribution in [3.05, 3.63) is 53.6 Å². The van der Waals surface area contributed by atoms with Gasteiger partial charge in [0, 0.05) is 37.8 Å². The zero-order valence-electron chi connectivity index (χ0n) is 20.6. The molecule has 3 nitrogen and oxygen atoms in total. The molecular formula is C28H42N2O. The van der Waals surface area contributed by atoms with E-state index in [-0.39, 0.29) is 22.7 Å². The fourth-order valence-electron chi connectivity index (χ4n) is 4.95. The predicted octanol–water partition coefficient (Wildman–Crippen LogP) is 6.47. The molecule has 0 unspecified atom stereocenters. The Morgan fingerprint density at radius 1 is 0.871 bits per heavy atom. The highest BCUT2D eigenvalue weighted by molar-refractivity contribution is 5.78. The lowest BCUT2D eigenvalue weighted by atomic mass is 9.70. The third kappa shape index (κ3) is 5.81. The normalized spacial score (nSPS) is 18.2. The Morgan fingerprint density at radius 2 is 1.42 bits per heavy atom. The minimum atomic E-state index is 0.0883. The van der Waals surface area contributed by atoms with Gasteiger partial charge in [0.25, 0.3) is 0 Å². The molecule has 0 aliphatic carbocycles. The summed E-state index contributed by atoms with van der Waals surface area (Å²) in [7, 11) is 0. The topological polar surface area (TPSA) is 23.6 Å². The number of carbonyl (C=O) groups excluding carboxylic acids is 1. The summed E-state index contributed by atoms with van der Waals surface area (Å²) >= 11 is 0. The minimum absolute atomic E-state index is 0.0883. The van der Waals surface area contributed by atoms with Gasteiger partial charge in [-0.15, -0.1) is 0 Å². The summed E-state index contributed by atoms with van der Waals surface area (Å²) in [5, 5.41) is 0. The second-order valence-electron chi connectivity index (χ2n) is 10.9. The van der Waals surface area contributed by atoms with E-state index >= 15 is 0 Å². The fourth-order valence-corrected chi connectivity index (χ4v) is 4.95. The van der Waals surface area contributed by atoms with Crippen LogP contribution < -0.4 is 4.90 Å². The van der Waals surface area contributed by atoms with Crippen LogP contribution in [0.2, 0.25) is 0 Å². The molecular weight excluding hydrogens is 380 g/mol. The predicted molar refractivity (Wildman–Crippen MR) is 132 cm³/mol. The second kappa shape index (κ2) is 9.63. The van der Waals surface area contributed by atoms with E-state index < -0.39 is 0 Å². The van der Waals surface area contributed by atoms with Gasteiger partial charge in [0.15, 0.2) is 0 Å². The molecule has 2 aliphatic rings. The van der Waals surface area contributed by atoms with Gasteiger partial charge in [-0.1, -0.05) is 83.0 Å². The smallest absolute Gasteiger partial charge is 0.225 e. The molecule has 31 heavy (non-hydrogen) atoms. The standard InChI is InChI=1S/C28H42N2O/c1-22(2)26(31)30-20-14-24(15-21-30)28(5,6)17-16-27(3,4)23-12-18-29(19-13-23)25-10-8-7-9-11-25/h7-12,14,22H,13,15-21H2,1-6H3. The number of hydrogen-bond donors (Lipinski definition) is 0. The molecule has 170 valence electrons. The van der Waals surface area contributed by atoms with Crippen molar-refractivity contribution in [2.75, 3.05) is 31.1 Å². The summed E-state index contributed by atoms with van der Waals surface area (Å²) in [5.41, 5.74) is 4.89. The quantitative estimate of drug-likeness (QED) is 0.470. The van der Waals surface area contributed by atoms with Crippen molar-refractivity contribution < 1.29 is 4.79 Å². The van der Waals surface area contributed by atoms with Crippen LogP contribution in [0.5, 0.6) is 0 Å². The van der Waals surface area contributed by atoms with Gasteiger partial charge in [-0.3, -0.25) is 4.79 Å². The highest BCUT2D eigenvalue weighted by Crippen LogP contribution is 2.43. The van der Waals surface area contributed by atoms with Crippen LogP contribution in [0.4, 0.5) is 5.69 Å². The highest BCUT2D eigenvalue weighted by atomic mass is 16.2. The number of para-hydroxylation sites is 1. The monoisotopic (exact) mass is 422 g/mol. The number of rotatable bonds is 7. The van der Waals surface area contributed by atoms with Gasteiger partial charge in [-0.2, -0.15) is 0 Å². The number of benzene rings is 1. The van der Waals surface area contributed by atoms with Gasteiger partial charge >= 0.3 is 0 Å². The van der Waals surface area contributed by atoms with E-state index in [1.54, 1.807) is 5.57 Å². The van der Waals surface area contributed by atoms with Crippen LogP contribution in [-0.2, 0) is 4.79 Å². The van der Waals surface area contributed by atoms with Gasteiger partial charge in [-0.25, -0.2) is 0 Å². The van der Waals surface area contributed by atoms with Crippen LogP contribution in [0.1, 0.15) is 67.2 Å². The summed E-state index contributed by atoms with van der Waals surface area (Å²) in [6.07, 6.45) is 9.35. The van der Waals surface area contributed by atoms with Crippen LogP contribution >= 0.6 is 0 Å². The summed E-state index contributed by atoms with van der Waals surface area (Å²) in [6.45, 7) is 17.4. The first-order valence-electron chi connectivity index (χ1n) is 12.1. The average molecular weight is 423 g/mol. The van der Waals surface area contributed by atoms with Gasteiger partial charge in [0.05, 0.1) is 0 Å². The molecule has 0 saturated heterocycles. The largest absolute Gasteiger partial charge is 0.367 e. The molecule has 0 N–H and O–H groups in total. The summed E-state index contributed by atoms with van der Waals surface area (Å²) < 4.78 is 0. The molecule has 0 aromatic heterocycles. The van der Waals surface area contributed by atoms with Gasteiger partial charge < -0.3 is 9.80 Å². The van der Waals surface area contributed by atoms with E-state index in [4.69, 9.17) is 0 Å². The first-order valence-corrected chi connectivity index (χ1v) is 12.1. The molecule has 0 radical (unpaired) electrons. The lowest BCUT2D eigenvalue weighted by Crippen LogP contribution is -2.39. The maximum Gasteiger partial charge on any atom is 0.225 e. The number of hydrogen-bond acceptors (Lipinski definition) is 2. The molecule has 0 bridgehead atoms. The minimum Gasteiger partial charge on any atom is -0.367 e. The maximum absolute atomic E-state index is 12.3. The summed E-state index contributed by atoms with van der Waals surface area (Å²) in [5.74, 6) is 0.369. The van der Waals surface area contributed by atoms with Crippen molar-refractivity contribution in [1.82, 2.24) is 4.90 Å². The summed E-state index contributed by atoms with van der Waals surface area (Å²) in [4.78, 5) is 16.8. The molecule has 3 rings (SSSR count). The van der Waals surface area contributed by atoms with E-state index in [0.29, 0.717) is 0 Å². The van der Waals surface area contributed by atoms with Crippen molar-refractivity contribution >= 4 is 11.6 Å². The lowest BCUT2D eigenvalue weighted by Gasteiger charge is -2.39. The van der Waals surface area contributed by atoms with Crippen LogP contribution in [0.25, 0.3) is 0 Å². The van der Waals surface area contributed by atoms with Crippen LogP contribution in [0.3, 0.4) is 0 Å². The van der Waals surface area contributed by atoms with E-state index in [9.17, 15) is 4.79 Å². The van der Waals surface area contributed by atoms with E-state index in [1.807, 2.05) is 18.7 Å². The molecule has 2 heterocycles. The molecule has 3 heteroatoms. The maximum atomic E-state index is 12.3. The van der Waals surface area contributed by atoms with Crippen LogP contribution in [0.15, 0.2) is 53.6 Å².